The van der Waals surface area contributed by atoms with Crippen LogP contribution in [0.1, 0.15) is 36.0 Å². The van der Waals surface area contributed by atoms with Crippen molar-refractivity contribution in [2.75, 3.05) is 6.54 Å². The van der Waals surface area contributed by atoms with E-state index in [0.29, 0.717) is 19.0 Å². The molecule has 0 spiro atoms. The lowest BCUT2D eigenvalue weighted by molar-refractivity contribution is 0.240. The van der Waals surface area contributed by atoms with Crippen LogP contribution in [0.3, 0.4) is 0 Å². The van der Waals surface area contributed by atoms with Gasteiger partial charge in [-0.25, -0.2) is 9.78 Å². The molecule has 6 heteroatoms. The van der Waals surface area contributed by atoms with Gasteiger partial charge in [0.25, 0.3) is 0 Å². The fraction of sp³-hybridized carbons (Fsp3) is 0.429. The summed E-state index contributed by atoms with van der Waals surface area (Å²) >= 11 is 3.32. The third-order valence-corrected chi connectivity index (χ3v) is 4.69. The number of thiophene rings is 1. The molecule has 0 aliphatic carbocycles. The van der Waals surface area contributed by atoms with E-state index in [1.54, 1.807) is 22.7 Å². The number of nitrogens with one attached hydrogen (secondary N) is 2. The second-order valence-electron chi connectivity index (χ2n) is 4.82. The van der Waals surface area contributed by atoms with Crippen LogP contribution in [-0.2, 0) is 13.0 Å². The Morgan fingerprint density at radius 2 is 2.20 bits per heavy atom. The predicted molar refractivity (Wildman–Crippen MR) is 84.5 cm³/mol. The van der Waals surface area contributed by atoms with E-state index in [4.69, 9.17) is 0 Å². The molecule has 2 amide bonds. The van der Waals surface area contributed by atoms with Crippen molar-refractivity contribution in [3.05, 3.63) is 38.5 Å². The van der Waals surface area contributed by atoms with Gasteiger partial charge in [0.05, 0.1) is 10.7 Å². The minimum absolute atomic E-state index is 0.129. The highest BCUT2D eigenvalue weighted by molar-refractivity contribution is 7.09. The molecule has 0 saturated heterocycles. The molecule has 108 valence electrons. The lowest BCUT2D eigenvalue weighted by atomic mass is 10.2. The number of nitrogens with zero attached hydrogens (tertiary/aromatic N) is 1. The van der Waals surface area contributed by atoms with Gasteiger partial charge in [-0.15, -0.1) is 11.3 Å². The number of thiazole rings is 1. The van der Waals surface area contributed by atoms with Crippen LogP contribution in [0, 0.1) is 0 Å². The van der Waals surface area contributed by atoms with Crippen LogP contribution in [0.2, 0.25) is 0 Å². The molecule has 2 aromatic rings. The first kappa shape index (κ1) is 15.0. The fourth-order valence-corrected chi connectivity index (χ4v) is 3.18. The molecule has 0 fully saturated rings. The van der Waals surface area contributed by atoms with Gasteiger partial charge < -0.3 is 10.6 Å². The number of rotatable bonds is 6. The number of amides is 2. The molecule has 0 aliphatic heterocycles. The van der Waals surface area contributed by atoms with Crippen LogP contribution in [0.15, 0.2) is 22.2 Å². The summed E-state index contributed by atoms with van der Waals surface area (Å²) in [5, 5.41) is 12.9. The molecule has 4 nitrogen and oxygen atoms in total. The van der Waals surface area contributed by atoms with Crippen molar-refractivity contribution in [2.45, 2.75) is 32.7 Å². The Labute approximate surface area is 127 Å². The zero-order valence-electron chi connectivity index (χ0n) is 11.7. The van der Waals surface area contributed by atoms with Crippen molar-refractivity contribution in [3.63, 3.8) is 0 Å². The smallest absolute Gasteiger partial charge is 0.315 e. The summed E-state index contributed by atoms with van der Waals surface area (Å²) in [4.78, 5) is 16.1. The molecule has 0 aromatic carbocycles. The Kier molecular flexibility index (Phi) is 5.55. The van der Waals surface area contributed by atoms with Gasteiger partial charge in [0.2, 0.25) is 0 Å². The highest BCUT2D eigenvalue weighted by Gasteiger charge is 2.06. The zero-order valence-corrected chi connectivity index (χ0v) is 13.3. The molecule has 2 aromatic heterocycles. The molecule has 2 heterocycles. The van der Waals surface area contributed by atoms with Gasteiger partial charge in [-0.1, -0.05) is 13.8 Å². The fourth-order valence-electron chi connectivity index (χ4n) is 1.64. The number of carbonyl (C=O) groups is 1. The second-order valence-corrected chi connectivity index (χ2v) is 6.49. The van der Waals surface area contributed by atoms with Gasteiger partial charge in [0.1, 0.15) is 0 Å². The minimum atomic E-state index is -0.129. The van der Waals surface area contributed by atoms with Crippen molar-refractivity contribution in [2.24, 2.45) is 0 Å². The number of carbonyl (C=O) groups excluding carboxylic acids is 1. The Morgan fingerprint density at radius 3 is 2.85 bits per heavy atom. The first-order valence-electron chi connectivity index (χ1n) is 6.62. The molecular weight excluding hydrogens is 290 g/mol. The van der Waals surface area contributed by atoms with E-state index in [0.717, 1.165) is 22.7 Å². The average Bonchev–Trinajstić information content (AvgIpc) is 3.07. The van der Waals surface area contributed by atoms with Crippen LogP contribution in [0.5, 0.6) is 0 Å². The standard InChI is InChI=1S/C14H19N3OS2/c1-10(2)13-17-12(9-20-13)3-5-15-14(18)16-7-11-4-6-19-8-11/h4,6,8-10H,3,5,7H2,1-2H3,(H2,15,16,18). The van der Waals surface area contributed by atoms with E-state index in [-0.39, 0.29) is 6.03 Å². The van der Waals surface area contributed by atoms with Crippen molar-refractivity contribution >= 4 is 28.7 Å². The Morgan fingerprint density at radius 1 is 1.35 bits per heavy atom. The molecule has 2 N–H and O–H groups in total. The van der Waals surface area contributed by atoms with Gasteiger partial charge in [-0.2, -0.15) is 11.3 Å². The molecular formula is C14H19N3OS2. The Hall–Kier alpha value is -1.40. The van der Waals surface area contributed by atoms with E-state index in [1.165, 1.54) is 0 Å². The molecule has 0 saturated carbocycles. The predicted octanol–water partition coefficient (Wildman–Crippen LogP) is 3.37. The molecule has 0 unspecified atom stereocenters. The summed E-state index contributed by atoms with van der Waals surface area (Å²) in [5.41, 5.74) is 2.18. The van der Waals surface area contributed by atoms with Crippen LogP contribution in [0.4, 0.5) is 4.79 Å². The van der Waals surface area contributed by atoms with Crippen molar-refractivity contribution in [1.29, 1.82) is 0 Å². The summed E-state index contributed by atoms with van der Waals surface area (Å²) in [6, 6.07) is 1.88. The van der Waals surface area contributed by atoms with Gasteiger partial charge in [0, 0.05) is 30.8 Å². The number of hydrogen-bond acceptors (Lipinski definition) is 4. The summed E-state index contributed by atoms with van der Waals surface area (Å²) in [6.45, 7) is 5.46. The monoisotopic (exact) mass is 309 g/mol. The Bertz CT molecular complexity index is 534. The maximum absolute atomic E-state index is 11.6. The van der Waals surface area contributed by atoms with E-state index < -0.39 is 0 Å². The maximum Gasteiger partial charge on any atom is 0.315 e. The zero-order chi connectivity index (χ0) is 14.4. The molecule has 0 bridgehead atoms. The first-order valence-corrected chi connectivity index (χ1v) is 8.44. The highest BCUT2D eigenvalue weighted by atomic mass is 32.1. The van der Waals surface area contributed by atoms with E-state index in [9.17, 15) is 4.79 Å². The first-order chi connectivity index (χ1) is 9.65. The molecule has 20 heavy (non-hydrogen) atoms. The molecule has 0 atom stereocenters. The normalized spacial score (nSPS) is 10.8. The summed E-state index contributed by atoms with van der Waals surface area (Å²) in [7, 11) is 0. The van der Waals surface area contributed by atoms with E-state index in [2.05, 4.69) is 34.8 Å². The van der Waals surface area contributed by atoms with Gasteiger partial charge in [-0.05, 0) is 22.4 Å². The van der Waals surface area contributed by atoms with Gasteiger partial charge >= 0.3 is 6.03 Å². The average molecular weight is 309 g/mol. The van der Waals surface area contributed by atoms with Crippen LogP contribution in [0.25, 0.3) is 0 Å². The lowest BCUT2D eigenvalue weighted by Crippen LogP contribution is -2.36. The molecule has 2 rings (SSSR count). The summed E-state index contributed by atoms with van der Waals surface area (Å²) in [5.74, 6) is 0.468. The topological polar surface area (TPSA) is 54.0 Å². The van der Waals surface area contributed by atoms with Crippen LogP contribution >= 0.6 is 22.7 Å². The van der Waals surface area contributed by atoms with Crippen molar-refractivity contribution < 1.29 is 4.79 Å². The quantitative estimate of drug-likeness (QED) is 0.859. The van der Waals surface area contributed by atoms with Crippen molar-refractivity contribution in [1.82, 2.24) is 15.6 Å². The second kappa shape index (κ2) is 7.40. The molecule has 0 radical (unpaired) electrons. The van der Waals surface area contributed by atoms with E-state index in [1.807, 2.05) is 16.8 Å². The number of aromatic nitrogens is 1. The number of urea groups is 1. The molecule has 0 aliphatic rings. The van der Waals surface area contributed by atoms with Gasteiger partial charge in [-0.3, -0.25) is 0 Å². The minimum Gasteiger partial charge on any atom is -0.338 e. The Balaban J connectivity index is 1.65. The third-order valence-electron chi connectivity index (χ3n) is 2.76. The third kappa shape index (κ3) is 4.61. The largest absolute Gasteiger partial charge is 0.338 e. The number of hydrogen-bond donors (Lipinski definition) is 2. The highest BCUT2D eigenvalue weighted by Crippen LogP contribution is 2.19. The maximum atomic E-state index is 11.6. The van der Waals surface area contributed by atoms with Crippen LogP contribution < -0.4 is 10.6 Å². The summed E-state index contributed by atoms with van der Waals surface area (Å²) < 4.78 is 0. The van der Waals surface area contributed by atoms with Crippen molar-refractivity contribution in [3.8, 4) is 0 Å². The van der Waals surface area contributed by atoms with Crippen LogP contribution in [-0.4, -0.2) is 17.6 Å². The van der Waals surface area contributed by atoms with Gasteiger partial charge in [0.15, 0.2) is 0 Å². The lowest BCUT2D eigenvalue weighted by Gasteiger charge is -2.05. The SMILES string of the molecule is CC(C)c1nc(CCNC(=O)NCc2ccsc2)cs1. The summed E-state index contributed by atoms with van der Waals surface area (Å²) in [6.07, 6.45) is 0.773. The van der Waals surface area contributed by atoms with E-state index >= 15 is 0 Å².